The summed E-state index contributed by atoms with van der Waals surface area (Å²) in [6, 6.07) is 6.52. The third-order valence-corrected chi connectivity index (χ3v) is 3.65. The van der Waals surface area contributed by atoms with Crippen LogP contribution in [0.15, 0.2) is 34.1 Å². The van der Waals surface area contributed by atoms with Gasteiger partial charge in [-0.2, -0.15) is 0 Å². The van der Waals surface area contributed by atoms with Gasteiger partial charge in [0.15, 0.2) is 0 Å². The van der Waals surface area contributed by atoms with Crippen LogP contribution in [-0.2, 0) is 0 Å². The third-order valence-electron chi connectivity index (χ3n) is 2.93. The zero-order valence-electron chi connectivity index (χ0n) is 10.9. The number of benzene rings is 2. The maximum atomic E-state index is 10.3. The van der Waals surface area contributed by atoms with Crippen LogP contribution in [0.25, 0.3) is 11.1 Å². The van der Waals surface area contributed by atoms with Crippen molar-refractivity contribution in [2.75, 3.05) is 14.2 Å². The minimum absolute atomic E-state index is 0.0970. The largest absolute Gasteiger partial charge is 0.506 e. The van der Waals surface area contributed by atoms with E-state index in [0.717, 1.165) is 0 Å². The van der Waals surface area contributed by atoms with Gasteiger partial charge >= 0.3 is 0 Å². The van der Waals surface area contributed by atoms with Gasteiger partial charge < -0.3 is 19.7 Å². The van der Waals surface area contributed by atoms with Gasteiger partial charge in [-0.15, -0.1) is 25.3 Å². The summed E-state index contributed by atoms with van der Waals surface area (Å²) < 4.78 is 10.5. The molecule has 0 heterocycles. The molecule has 0 saturated heterocycles. The zero-order valence-corrected chi connectivity index (χ0v) is 12.7. The van der Waals surface area contributed by atoms with Crippen LogP contribution in [0.1, 0.15) is 0 Å². The highest BCUT2D eigenvalue weighted by atomic mass is 32.1. The van der Waals surface area contributed by atoms with Crippen molar-refractivity contribution in [3.63, 3.8) is 0 Å². The molecule has 0 unspecified atom stereocenters. The van der Waals surface area contributed by atoms with Gasteiger partial charge in [0, 0.05) is 9.79 Å². The zero-order chi connectivity index (χ0) is 14.9. The first-order chi connectivity index (χ1) is 9.51. The lowest BCUT2D eigenvalue weighted by Gasteiger charge is -2.17. The second kappa shape index (κ2) is 5.76. The van der Waals surface area contributed by atoms with Gasteiger partial charge in [0.1, 0.15) is 23.0 Å². The quantitative estimate of drug-likeness (QED) is 0.657. The summed E-state index contributed by atoms with van der Waals surface area (Å²) in [5.74, 6) is 0.598. The molecule has 2 rings (SSSR count). The Hall–Kier alpha value is -1.66. The summed E-state index contributed by atoms with van der Waals surface area (Å²) in [5.41, 5.74) is 0.621. The van der Waals surface area contributed by atoms with E-state index in [1.807, 2.05) is 0 Å². The molecular formula is C14H14O4S2. The van der Waals surface area contributed by atoms with Crippen LogP contribution >= 0.6 is 25.3 Å². The summed E-state index contributed by atoms with van der Waals surface area (Å²) in [5, 5.41) is 20.5. The highest BCUT2D eigenvalue weighted by molar-refractivity contribution is 7.80. The Labute approximate surface area is 127 Å². The Bertz CT molecular complexity index is 599. The van der Waals surface area contributed by atoms with Gasteiger partial charge in [-0.1, -0.05) is 0 Å². The molecule has 0 bridgehead atoms. The van der Waals surface area contributed by atoms with Gasteiger partial charge in [0.25, 0.3) is 0 Å². The molecular weight excluding hydrogens is 296 g/mol. The molecule has 20 heavy (non-hydrogen) atoms. The van der Waals surface area contributed by atoms with Crippen LogP contribution in [0.4, 0.5) is 0 Å². The van der Waals surface area contributed by atoms with Crippen molar-refractivity contribution in [1.29, 1.82) is 0 Å². The number of rotatable bonds is 3. The maximum Gasteiger partial charge on any atom is 0.140 e. The van der Waals surface area contributed by atoms with Gasteiger partial charge in [0.2, 0.25) is 0 Å². The van der Waals surface area contributed by atoms with Gasteiger partial charge in [-0.25, -0.2) is 0 Å². The first-order valence-corrected chi connectivity index (χ1v) is 6.58. The molecule has 0 radical (unpaired) electrons. The van der Waals surface area contributed by atoms with Crippen LogP contribution in [0.5, 0.6) is 23.0 Å². The molecule has 4 nitrogen and oxygen atoms in total. The molecule has 106 valence electrons. The molecule has 0 spiro atoms. The van der Waals surface area contributed by atoms with E-state index in [9.17, 15) is 10.2 Å². The normalized spacial score (nSPS) is 10.4. The molecule has 0 fully saturated rings. The summed E-state index contributed by atoms with van der Waals surface area (Å²) in [7, 11) is 2.95. The number of methoxy groups -OCH3 is 2. The predicted molar refractivity (Wildman–Crippen MR) is 82.8 cm³/mol. The molecule has 0 aromatic heterocycles. The lowest BCUT2D eigenvalue weighted by molar-refractivity contribution is 0.397. The van der Waals surface area contributed by atoms with E-state index >= 15 is 0 Å². The molecule has 2 aromatic rings. The fourth-order valence-corrected chi connectivity index (χ4v) is 2.32. The van der Waals surface area contributed by atoms with Gasteiger partial charge in [0.05, 0.1) is 25.3 Å². The number of hydrogen-bond donors (Lipinski definition) is 4. The van der Waals surface area contributed by atoms with Crippen molar-refractivity contribution < 1.29 is 19.7 Å². The Morgan fingerprint density at radius 1 is 0.750 bits per heavy atom. The standard InChI is InChI=1S/C14H14O4S2/c1-17-7-3-5-9(19)13(15)11(7)12-8(18-2)4-6-10(20)14(12)16/h3-6,15-16,19-20H,1-2H3. The predicted octanol–water partition coefficient (Wildman–Crippen LogP) is 3.36. The number of ether oxygens (including phenoxy) is 2. The topological polar surface area (TPSA) is 58.9 Å². The molecule has 0 aliphatic heterocycles. The SMILES string of the molecule is COc1ccc(S)c(O)c1-c1c(OC)ccc(S)c1O. The molecule has 0 aliphatic rings. The van der Waals surface area contributed by atoms with Crippen molar-refractivity contribution in [3.8, 4) is 34.1 Å². The van der Waals surface area contributed by atoms with E-state index in [1.165, 1.54) is 14.2 Å². The second-order valence-corrected chi connectivity index (χ2v) is 4.98. The summed E-state index contributed by atoms with van der Waals surface area (Å²) >= 11 is 8.36. The second-order valence-electron chi connectivity index (χ2n) is 4.02. The fraction of sp³-hybridized carbons (Fsp3) is 0.143. The van der Waals surface area contributed by atoms with E-state index in [0.29, 0.717) is 32.4 Å². The molecule has 6 heteroatoms. The van der Waals surface area contributed by atoms with Crippen LogP contribution in [0, 0.1) is 0 Å². The number of aromatic hydroxyl groups is 2. The van der Waals surface area contributed by atoms with Crippen LogP contribution in [0.2, 0.25) is 0 Å². The Balaban J connectivity index is 2.87. The van der Waals surface area contributed by atoms with Crippen molar-refractivity contribution in [2.45, 2.75) is 9.79 Å². The fourth-order valence-electron chi connectivity index (χ4n) is 1.95. The average molecular weight is 310 g/mol. The third kappa shape index (κ3) is 2.36. The van der Waals surface area contributed by atoms with Crippen molar-refractivity contribution in [1.82, 2.24) is 0 Å². The lowest BCUT2D eigenvalue weighted by Crippen LogP contribution is -1.94. The highest BCUT2D eigenvalue weighted by Crippen LogP contribution is 2.50. The van der Waals surface area contributed by atoms with E-state index < -0.39 is 0 Å². The minimum atomic E-state index is -0.0970. The van der Waals surface area contributed by atoms with Crippen molar-refractivity contribution in [3.05, 3.63) is 24.3 Å². The van der Waals surface area contributed by atoms with Crippen LogP contribution < -0.4 is 9.47 Å². The monoisotopic (exact) mass is 310 g/mol. The smallest absolute Gasteiger partial charge is 0.140 e. The van der Waals surface area contributed by atoms with Gasteiger partial charge in [-0.05, 0) is 24.3 Å². The van der Waals surface area contributed by atoms with E-state index in [2.05, 4.69) is 25.3 Å². The molecule has 0 atom stereocenters. The lowest BCUT2D eigenvalue weighted by atomic mass is 10.0. The first kappa shape index (κ1) is 14.7. The van der Waals surface area contributed by atoms with Crippen molar-refractivity contribution >= 4 is 25.3 Å². The number of thiol groups is 2. The number of hydrogen-bond acceptors (Lipinski definition) is 6. The van der Waals surface area contributed by atoms with E-state index in [4.69, 9.17) is 9.47 Å². The van der Waals surface area contributed by atoms with E-state index in [1.54, 1.807) is 24.3 Å². The molecule has 2 N–H and O–H groups in total. The summed E-state index contributed by atoms with van der Waals surface area (Å²) in [4.78, 5) is 0.735. The Morgan fingerprint density at radius 2 is 1.10 bits per heavy atom. The van der Waals surface area contributed by atoms with Gasteiger partial charge in [-0.3, -0.25) is 0 Å². The van der Waals surface area contributed by atoms with E-state index in [-0.39, 0.29) is 11.5 Å². The Morgan fingerprint density at radius 3 is 1.40 bits per heavy atom. The molecule has 0 amide bonds. The minimum Gasteiger partial charge on any atom is -0.506 e. The molecule has 0 aliphatic carbocycles. The molecule has 2 aromatic carbocycles. The van der Waals surface area contributed by atoms with Crippen LogP contribution in [-0.4, -0.2) is 24.4 Å². The number of phenols is 2. The summed E-state index contributed by atoms with van der Waals surface area (Å²) in [6.07, 6.45) is 0. The Kier molecular flexibility index (Phi) is 4.25. The van der Waals surface area contributed by atoms with Crippen LogP contribution in [0.3, 0.4) is 0 Å². The van der Waals surface area contributed by atoms with Crippen molar-refractivity contribution in [2.24, 2.45) is 0 Å². The molecule has 0 saturated carbocycles. The first-order valence-electron chi connectivity index (χ1n) is 5.69. The number of phenolic OH excluding ortho intramolecular Hbond substituents is 2. The highest BCUT2D eigenvalue weighted by Gasteiger charge is 2.22. The summed E-state index contributed by atoms with van der Waals surface area (Å²) in [6.45, 7) is 0. The average Bonchev–Trinajstić information content (AvgIpc) is 2.45. The maximum absolute atomic E-state index is 10.3.